The minimum atomic E-state index is -3.56. The van der Waals surface area contributed by atoms with Gasteiger partial charge in [0.25, 0.3) is 0 Å². The zero-order valence-corrected chi connectivity index (χ0v) is 12.6. The van der Waals surface area contributed by atoms with E-state index in [0.29, 0.717) is 13.1 Å². The van der Waals surface area contributed by atoms with E-state index >= 15 is 0 Å². The summed E-state index contributed by atoms with van der Waals surface area (Å²) < 4.78 is 26.7. The van der Waals surface area contributed by atoms with Gasteiger partial charge in [0.05, 0.1) is 5.56 Å². The van der Waals surface area contributed by atoms with E-state index in [1.54, 1.807) is 0 Å². The van der Waals surface area contributed by atoms with Crippen LogP contribution in [-0.2, 0) is 10.0 Å². The van der Waals surface area contributed by atoms with E-state index in [4.69, 9.17) is 5.73 Å². The number of thiophene rings is 1. The molecular weight excluding hydrogens is 300 g/mol. The van der Waals surface area contributed by atoms with Crippen molar-refractivity contribution in [2.24, 2.45) is 5.73 Å². The first-order valence-electron chi connectivity index (χ1n) is 6.30. The second kappa shape index (κ2) is 6.64. The van der Waals surface area contributed by atoms with Gasteiger partial charge < -0.3 is 11.1 Å². The van der Waals surface area contributed by atoms with Gasteiger partial charge in [-0.15, -0.1) is 11.3 Å². The first-order chi connectivity index (χ1) is 9.49. The summed E-state index contributed by atoms with van der Waals surface area (Å²) >= 11 is 0.996. The summed E-state index contributed by atoms with van der Waals surface area (Å²) in [4.78, 5) is 13.2. The van der Waals surface area contributed by atoms with Crippen LogP contribution in [0, 0.1) is 0 Å². The molecule has 1 aromatic heterocycles. The number of rotatable bonds is 6. The molecule has 2 heterocycles. The first kappa shape index (κ1) is 15.4. The Morgan fingerprint density at radius 1 is 1.45 bits per heavy atom. The van der Waals surface area contributed by atoms with Crippen LogP contribution in [0.15, 0.2) is 15.7 Å². The Kier molecular flexibility index (Phi) is 5.11. The van der Waals surface area contributed by atoms with Gasteiger partial charge in [0.2, 0.25) is 15.9 Å². The fourth-order valence-corrected chi connectivity index (χ4v) is 4.17. The summed E-state index contributed by atoms with van der Waals surface area (Å²) in [6.07, 6.45) is 0. The van der Waals surface area contributed by atoms with E-state index < -0.39 is 15.9 Å². The molecule has 1 amide bonds. The van der Waals surface area contributed by atoms with Crippen molar-refractivity contribution in [3.8, 4) is 0 Å². The second-order valence-corrected chi connectivity index (χ2v) is 7.41. The topological polar surface area (TPSA) is 105 Å². The number of hydrogen-bond donors (Lipinski definition) is 3. The molecule has 0 bridgehead atoms. The van der Waals surface area contributed by atoms with Gasteiger partial charge in [0.1, 0.15) is 4.21 Å². The molecule has 0 saturated carbocycles. The van der Waals surface area contributed by atoms with Crippen molar-refractivity contribution in [3.63, 3.8) is 0 Å². The van der Waals surface area contributed by atoms with E-state index in [1.807, 2.05) is 0 Å². The van der Waals surface area contributed by atoms with Gasteiger partial charge in [-0.25, -0.2) is 13.1 Å². The lowest BCUT2D eigenvalue weighted by atomic mass is 10.3. The lowest BCUT2D eigenvalue weighted by Gasteiger charge is -2.26. The maximum absolute atomic E-state index is 12.0. The van der Waals surface area contributed by atoms with Crippen molar-refractivity contribution in [2.45, 2.75) is 4.21 Å². The fourth-order valence-electron chi connectivity index (χ4n) is 1.93. The average Bonchev–Trinajstić information content (AvgIpc) is 2.90. The van der Waals surface area contributed by atoms with Gasteiger partial charge in [0, 0.05) is 44.6 Å². The van der Waals surface area contributed by atoms with E-state index in [2.05, 4.69) is 14.9 Å². The van der Waals surface area contributed by atoms with Crippen molar-refractivity contribution >= 4 is 27.3 Å². The number of nitrogens with zero attached hydrogens (tertiary/aromatic N) is 1. The van der Waals surface area contributed by atoms with Crippen molar-refractivity contribution in [1.29, 1.82) is 0 Å². The molecule has 2 rings (SSSR count). The number of nitrogens with two attached hydrogens (primary N) is 1. The molecule has 20 heavy (non-hydrogen) atoms. The number of carbonyl (C=O) groups is 1. The Labute approximate surface area is 122 Å². The molecule has 1 aromatic rings. The smallest absolute Gasteiger partial charge is 0.250 e. The summed E-state index contributed by atoms with van der Waals surface area (Å²) in [5, 5.41) is 4.69. The third kappa shape index (κ3) is 4.00. The molecular formula is C11H18N4O3S2. The molecule has 7 nitrogen and oxygen atoms in total. The van der Waals surface area contributed by atoms with Gasteiger partial charge in [-0.1, -0.05) is 0 Å². The highest BCUT2D eigenvalue weighted by molar-refractivity contribution is 7.91. The number of carbonyl (C=O) groups excluding carboxylic acids is 1. The van der Waals surface area contributed by atoms with E-state index in [9.17, 15) is 13.2 Å². The summed E-state index contributed by atoms with van der Waals surface area (Å²) in [6.45, 7) is 4.74. The number of primary amides is 1. The summed E-state index contributed by atoms with van der Waals surface area (Å²) in [5.41, 5.74) is 5.33. The van der Waals surface area contributed by atoms with Gasteiger partial charge in [-0.3, -0.25) is 9.69 Å². The maximum Gasteiger partial charge on any atom is 0.250 e. The van der Waals surface area contributed by atoms with Crippen LogP contribution in [0.1, 0.15) is 10.4 Å². The highest BCUT2D eigenvalue weighted by Crippen LogP contribution is 2.19. The number of sulfonamides is 1. The number of hydrogen-bond acceptors (Lipinski definition) is 6. The molecule has 9 heteroatoms. The molecule has 0 atom stereocenters. The Bertz CT molecular complexity index is 564. The van der Waals surface area contributed by atoms with Crippen LogP contribution in [-0.4, -0.2) is 58.5 Å². The molecule has 0 spiro atoms. The third-order valence-corrected chi connectivity index (χ3v) is 5.96. The van der Waals surface area contributed by atoms with E-state index in [1.165, 1.54) is 11.4 Å². The molecule has 4 N–H and O–H groups in total. The van der Waals surface area contributed by atoms with Crippen molar-refractivity contribution in [2.75, 3.05) is 39.3 Å². The minimum Gasteiger partial charge on any atom is -0.366 e. The van der Waals surface area contributed by atoms with Gasteiger partial charge in [-0.05, 0) is 6.07 Å². The molecule has 0 aromatic carbocycles. The van der Waals surface area contributed by atoms with Gasteiger partial charge >= 0.3 is 0 Å². The van der Waals surface area contributed by atoms with Crippen LogP contribution in [0.4, 0.5) is 0 Å². The molecule has 0 aliphatic carbocycles. The molecule has 1 aliphatic heterocycles. The fraction of sp³-hybridized carbons (Fsp3) is 0.545. The van der Waals surface area contributed by atoms with Gasteiger partial charge in [0.15, 0.2) is 0 Å². The predicted octanol–water partition coefficient (Wildman–Crippen LogP) is -0.969. The monoisotopic (exact) mass is 318 g/mol. The van der Waals surface area contributed by atoms with Crippen LogP contribution in [0.25, 0.3) is 0 Å². The summed E-state index contributed by atoms with van der Waals surface area (Å²) in [7, 11) is -3.56. The lowest BCUT2D eigenvalue weighted by molar-refractivity contribution is 0.100. The molecule has 1 saturated heterocycles. The molecule has 1 fully saturated rings. The Morgan fingerprint density at radius 2 is 2.15 bits per heavy atom. The first-order valence-corrected chi connectivity index (χ1v) is 8.66. The largest absolute Gasteiger partial charge is 0.366 e. The number of piperazine rings is 1. The van der Waals surface area contributed by atoms with E-state index in [-0.39, 0.29) is 9.77 Å². The molecule has 112 valence electrons. The molecule has 0 radical (unpaired) electrons. The predicted molar refractivity (Wildman–Crippen MR) is 77.3 cm³/mol. The van der Waals surface area contributed by atoms with Crippen LogP contribution in [0.5, 0.6) is 0 Å². The highest BCUT2D eigenvalue weighted by atomic mass is 32.2. The molecule has 1 aliphatic rings. The Hall–Kier alpha value is -1.00. The average molecular weight is 318 g/mol. The Morgan fingerprint density at radius 3 is 2.75 bits per heavy atom. The molecule has 0 unspecified atom stereocenters. The van der Waals surface area contributed by atoms with Crippen molar-refractivity contribution in [1.82, 2.24) is 14.9 Å². The van der Waals surface area contributed by atoms with Crippen LogP contribution < -0.4 is 15.8 Å². The number of amides is 1. The Balaban J connectivity index is 1.88. The highest BCUT2D eigenvalue weighted by Gasteiger charge is 2.18. The zero-order valence-electron chi connectivity index (χ0n) is 11.0. The van der Waals surface area contributed by atoms with Crippen LogP contribution in [0.2, 0.25) is 0 Å². The third-order valence-electron chi connectivity index (χ3n) is 3.05. The van der Waals surface area contributed by atoms with Crippen LogP contribution in [0.3, 0.4) is 0 Å². The quantitative estimate of drug-likeness (QED) is 0.626. The second-order valence-electron chi connectivity index (χ2n) is 4.51. The summed E-state index contributed by atoms with van der Waals surface area (Å²) in [5.74, 6) is -0.622. The maximum atomic E-state index is 12.0. The minimum absolute atomic E-state index is 0.117. The van der Waals surface area contributed by atoms with Crippen LogP contribution >= 0.6 is 11.3 Å². The van der Waals surface area contributed by atoms with Crippen molar-refractivity contribution < 1.29 is 13.2 Å². The number of nitrogens with one attached hydrogen (secondary N) is 2. The lowest BCUT2D eigenvalue weighted by Crippen LogP contribution is -2.46. The summed E-state index contributed by atoms with van der Waals surface area (Å²) in [6, 6.07) is 1.31. The SMILES string of the molecule is NC(=O)c1csc(S(=O)(=O)NCCN2CCNCC2)c1. The normalized spacial score (nSPS) is 17.2. The standard InChI is InChI=1S/C11H18N4O3S2/c12-11(16)9-7-10(19-8-9)20(17,18)14-3-6-15-4-1-13-2-5-15/h7-8,13-14H,1-6H2,(H2,12,16). The van der Waals surface area contributed by atoms with Gasteiger partial charge in [-0.2, -0.15) is 0 Å². The zero-order chi connectivity index (χ0) is 14.6. The van der Waals surface area contributed by atoms with E-state index in [0.717, 1.165) is 37.5 Å². The van der Waals surface area contributed by atoms with Crippen molar-refractivity contribution in [3.05, 3.63) is 17.0 Å².